The van der Waals surface area contributed by atoms with E-state index in [9.17, 15) is 9.59 Å². The zero-order valence-electron chi connectivity index (χ0n) is 10.0. The number of amides is 1. The molecule has 0 saturated heterocycles. The number of nitrogens with two attached hydrogens (primary N) is 2. The van der Waals surface area contributed by atoms with E-state index in [2.05, 4.69) is 0 Å². The van der Waals surface area contributed by atoms with Crippen molar-refractivity contribution in [3.05, 3.63) is 0 Å². The molecular weight excluding hydrogens is 204 g/mol. The Kier molecular flexibility index (Phi) is 10.0. The van der Waals surface area contributed by atoms with E-state index < -0.39 is 0 Å². The highest BCUT2D eigenvalue weighted by Gasteiger charge is 2.02. The van der Waals surface area contributed by atoms with Crippen LogP contribution in [0.5, 0.6) is 0 Å². The molecule has 16 heavy (non-hydrogen) atoms. The summed E-state index contributed by atoms with van der Waals surface area (Å²) in [5, 5.41) is 0. The fraction of sp³-hybridized carbons (Fsp3) is 0.833. The molecule has 94 valence electrons. The lowest BCUT2D eigenvalue weighted by Crippen LogP contribution is -2.10. The Bertz CT molecular complexity index is 205. The average molecular weight is 228 g/mol. The first-order valence-corrected chi connectivity index (χ1v) is 6.17. The highest BCUT2D eigenvalue weighted by Crippen LogP contribution is 2.07. The van der Waals surface area contributed by atoms with Crippen LogP contribution in [0.15, 0.2) is 0 Å². The van der Waals surface area contributed by atoms with Crippen molar-refractivity contribution in [3.63, 3.8) is 0 Å². The maximum atomic E-state index is 11.4. The first-order valence-electron chi connectivity index (χ1n) is 6.17. The van der Waals surface area contributed by atoms with Gasteiger partial charge in [0.2, 0.25) is 5.91 Å². The van der Waals surface area contributed by atoms with Gasteiger partial charge in [0.1, 0.15) is 5.78 Å². The number of unbranched alkanes of at least 4 members (excludes halogenated alkanes) is 4. The number of carbonyl (C=O) groups excluding carboxylic acids is 2. The average Bonchev–Trinajstić information content (AvgIpc) is 2.24. The highest BCUT2D eigenvalue weighted by atomic mass is 16.1. The van der Waals surface area contributed by atoms with E-state index in [1.54, 1.807) is 0 Å². The Hall–Kier alpha value is -0.900. The summed E-state index contributed by atoms with van der Waals surface area (Å²) in [5.74, 6) is 0.0199. The van der Waals surface area contributed by atoms with Gasteiger partial charge in [-0.25, -0.2) is 0 Å². The van der Waals surface area contributed by atoms with Gasteiger partial charge in [-0.05, 0) is 32.2 Å². The number of ketones is 1. The molecule has 0 aliphatic carbocycles. The molecule has 0 fully saturated rings. The molecule has 0 bridgehead atoms. The molecule has 0 atom stereocenters. The van der Waals surface area contributed by atoms with Crippen molar-refractivity contribution < 1.29 is 9.59 Å². The fourth-order valence-electron chi connectivity index (χ4n) is 1.57. The van der Waals surface area contributed by atoms with Gasteiger partial charge in [0.05, 0.1) is 0 Å². The summed E-state index contributed by atoms with van der Waals surface area (Å²) < 4.78 is 0. The van der Waals surface area contributed by atoms with Gasteiger partial charge in [-0.3, -0.25) is 9.59 Å². The van der Waals surface area contributed by atoms with Crippen molar-refractivity contribution in [1.82, 2.24) is 0 Å². The number of rotatable bonds is 11. The minimum absolute atomic E-state index is 0.283. The first kappa shape index (κ1) is 15.1. The van der Waals surface area contributed by atoms with Crippen molar-refractivity contribution in [2.75, 3.05) is 6.54 Å². The first-order chi connectivity index (χ1) is 7.66. The molecule has 1 amide bonds. The number of carbonyl (C=O) groups is 2. The van der Waals surface area contributed by atoms with Gasteiger partial charge in [-0.15, -0.1) is 0 Å². The van der Waals surface area contributed by atoms with Crippen molar-refractivity contribution in [1.29, 1.82) is 0 Å². The maximum absolute atomic E-state index is 11.4. The van der Waals surface area contributed by atoms with Gasteiger partial charge < -0.3 is 11.5 Å². The molecule has 0 aromatic rings. The van der Waals surface area contributed by atoms with E-state index in [1.165, 1.54) is 0 Å². The van der Waals surface area contributed by atoms with E-state index in [1.807, 2.05) is 0 Å². The van der Waals surface area contributed by atoms with Crippen LogP contribution in [0.2, 0.25) is 0 Å². The largest absolute Gasteiger partial charge is 0.370 e. The van der Waals surface area contributed by atoms with Crippen molar-refractivity contribution in [2.45, 2.75) is 57.8 Å². The second-order valence-electron chi connectivity index (χ2n) is 4.16. The molecule has 0 heterocycles. The normalized spacial score (nSPS) is 10.3. The summed E-state index contributed by atoms with van der Waals surface area (Å²) in [7, 11) is 0. The van der Waals surface area contributed by atoms with Gasteiger partial charge >= 0.3 is 0 Å². The van der Waals surface area contributed by atoms with Crippen LogP contribution in [0.4, 0.5) is 0 Å². The lowest BCUT2D eigenvalue weighted by Gasteiger charge is -2.01. The van der Waals surface area contributed by atoms with Gasteiger partial charge in [0.15, 0.2) is 0 Å². The van der Waals surface area contributed by atoms with Gasteiger partial charge in [0, 0.05) is 19.3 Å². The van der Waals surface area contributed by atoms with E-state index in [-0.39, 0.29) is 5.91 Å². The molecule has 0 unspecified atom stereocenters. The third-order valence-corrected chi connectivity index (χ3v) is 2.54. The Morgan fingerprint density at radius 3 is 1.81 bits per heavy atom. The molecule has 0 aromatic carbocycles. The molecule has 0 rings (SSSR count). The third-order valence-electron chi connectivity index (χ3n) is 2.54. The predicted octanol–water partition coefficient (Wildman–Crippen LogP) is 1.51. The Labute approximate surface area is 97.8 Å². The van der Waals surface area contributed by atoms with E-state index in [0.717, 1.165) is 45.1 Å². The lowest BCUT2D eigenvalue weighted by molar-refractivity contribution is -0.120. The number of primary amides is 1. The molecule has 0 aromatic heterocycles. The quantitative estimate of drug-likeness (QED) is 0.525. The predicted molar refractivity (Wildman–Crippen MR) is 64.8 cm³/mol. The van der Waals surface area contributed by atoms with Gasteiger partial charge in [0.25, 0.3) is 0 Å². The van der Waals surface area contributed by atoms with Crippen LogP contribution in [-0.4, -0.2) is 18.2 Å². The molecule has 4 N–H and O–H groups in total. The minimum atomic E-state index is -0.283. The van der Waals surface area contributed by atoms with Crippen LogP contribution in [0, 0.1) is 0 Å². The standard InChI is InChI=1S/C12H24N2O2/c13-10-6-2-1-3-7-11(15)8-4-5-9-12(14)16/h1-10,13H2,(H2,14,16). The topological polar surface area (TPSA) is 86.2 Å². The SMILES string of the molecule is NCCCCCCC(=O)CCCCC(N)=O. The summed E-state index contributed by atoms with van der Waals surface area (Å²) >= 11 is 0. The lowest BCUT2D eigenvalue weighted by atomic mass is 10.1. The van der Waals surface area contributed by atoms with Crippen LogP contribution < -0.4 is 11.5 Å². The zero-order chi connectivity index (χ0) is 12.2. The third kappa shape index (κ3) is 11.2. The summed E-state index contributed by atoms with van der Waals surface area (Å²) in [6.45, 7) is 0.737. The van der Waals surface area contributed by atoms with Crippen molar-refractivity contribution >= 4 is 11.7 Å². The zero-order valence-corrected chi connectivity index (χ0v) is 10.0. The monoisotopic (exact) mass is 228 g/mol. The van der Waals surface area contributed by atoms with E-state index >= 15 is 0 Å². The van der Waals surface area contributed by atoms with Crippen LogP contribution in [0.3, 0.4) is 0 Å². The van der Waals surface area contributed by atoms with E-state index in [0.29, 0.717) is 25.0 Å². The Balaban J connectivity index is 3.21. The summed E-state index contributed by atoms with van der Waals surface area (Å²) in [6, 6.07) is 0. The molecule has 0 spiro atoms. The summed E-state index contributed by atoms with van der Waals surface area (Å²) in [6.07, 6.45) is 7.38. The van der Waals surface area contributed by atoms with Crippen molar-refractivity contribution in [2.24, 2.45) is 11.5 Å². The fourth-order valence-corrected chi connectivity index (χ4v) is 1.57. The maximum Gasteiger partial charge on any atom is 0.217 e. The van der Waals surface area contributed by atoms with Crippen molar-refractivity contribution in [3.8, 4) is 0 Å². The second-order valence-corrected chi connectivity index (χ2v) is 4.16. The van der Waals surface area contributed by atoms with Crippen LogP contribution in [0.1, 0.15) is 57.8 Å². The molecule has 4 nitrogen and oxygen atoms in total. The smallest absolute Gasteiger partial charge is 0.217 e. The number of Topliss-reactive ketones (excluding diaryl/α,β-unsaturated/α-hetero) is 1. The van der Waals surface area contributed by atoms with Gasteiger partial charge in [-0.1, -0.05) is 12.8 Å². The summed E-state index contributed by atoms with van der Waals surface area (Å²) in [4.78, 5) is 21.8. The molecule has 0 aliphatic heterocycles. The number of hydrogen-bond acceptors (Lipinski definition) is 3. The number of hydrogen-bond donors (Lipinski definition) is 2. The van der Waals surface area contributed by atoms with E-state index in [4.69, 9.17) is 11.5 Å². The summed E-state index contributed by atoms with van der Waals surface area (Å²) in [5.41, 5.74) is 10.4. The minimum Gasteiger partial charge on any atom is -0.370 e. The second kappa shape index (κ2) is 10.6. The Morgan fingerprint density at radius 2 is 1.25 bits per heavy atom. The molecule has 0 radical (unpaired) electrons. The van der Waals surface area contributed by atoms with Crippen LogP contribution >= 0.6 is 0 Å². The Morgan fingerprint density at radius 1 is 0.750 bits per heavy atom. The van der Waals surface area contributed by atoms with Crippen LogP contribution in [0.25, 0.3) is 0 Å². The van der Waals surface area contributed by atoms with Crippen LogP contribution in [-0.2, 0) is 9.59 Å². The molecule has 4 heteroatoms. The molecular formula is C12H24N2O2. The highest BCUT2D eigenvalue weighted by molar-refractivity contribution is 5.78. The molecule has 0 aliphatic rings. The molecule has 0 saturated carbocycles. The van der Waals surface area contributed by atoms with Gasteiger partial charge in [-0.2, -0.15) is 0 Å².